The van der Waals surface area contributed by atoms with Crippen molar-refractivity contribution in [2.24, 2.45) is 0 Å². The molecule has 0 radical (unpaired) electrons. The van der Waals surface area contributed by atoms with Crippen LogP contribution in [0, 0.1) is 0 Å². The molecule has 0 amide bonds. The highest BCUT2D eigenvalue weighted by Crippen LogP contribution is 2.30. The van der Waals surface area contributed by atoms with Gasteiger partial charge in [-0.05, 0) is 62.3 Å². The Balaban J connectivity index is 1.91. The second-order valence-corrected chi connectivity index (χ2v) is 6.09. The van der Waals surface area contributed by atoms with E-state index in [1.165, 1.54) is 0 Å². The van der Waals surface area contributed by atoms with E-state index in [9.17, 15) is 0 Å². The Morgan fingerprint density at radius 2 is 1.86 bits per heavy atom. The largest absolute Gasteiger partial charge is 0.317 e. The first-order valence-electron chi connectivity index (χ1n) is 7.63. The first-order chi connectivity index (χ1) is 10.8. The smallest absolute Gasteiger partial charge is 0.164 e. The fraction of sp³-hybridized carbons (Fsp3) is 0.294. The van der Waals surface area contributed by atoms with E-state index < -0.39 is 0 Å². The highest BCUT2D eigenvalue weighted by Gasteiger charge is 2.23. The zero-order chi connectivity index (χ0) is 14.9. The summed E-state index contributed by atoms with van der Waals surface area (Å²) in [6.45, 7) is 2.09. The van der Waals surface area contributed by atoms with Crippen LogP contribution in [0.2, 0.25) is 5.02 Å². The fourth-order valence-electron chi connectivity index (χ4n) is 3.13. The van der Waals surface area contributed by atoms with Crippen molar-refractivity contribution in [2.45, 2.75) is 18.8 Å². The minimum Gasteiger partial charge on any atom is -0.317 e. The Bertz CT molecular complexity index is 788. The number of aromatic nitrogens is 3. The molecule has 22 heavy (non-hydrogen) atoms. The number of benzene rings is 1. The van der Waals surface area contributed by atoms with Gasteiger partial charge in [0.2, 0.25) is 0 Å². The molecule has 1 fully saturated rings. The maximum Gasteiger partial charge on any atom is 0.164 e. The molecule has 1 saturated heterocycles. The molecule has 0 spiro atoms. The molecule has 1 N–H and O–H groups in total. The van der Waals surface area contributed by atoms with Crippen LogP contribution in [0.4, 0.5) is 0 Å². The third-order valence-electron chi connectivity index (χ3n) is 4.23. The maximum absolute atomic E-state index is 6.03. The van der Waals surface area contributed by atoms with Crippen molar-refractivity contribution in [1.82, 2.24) is 19.9 Å². The zero-order valence-corrected chi connectivity index (χ0v) is 12.9. The number of nitrogens with zero attached hydrogens (tertiary/aromatic N) is 3. The van der Waals surface area contributed by atoms with Crippen molar-refractivity contribution in [1.29, 1.82) is 0 Å². The lowest BCUT2D eigenvalue weighted by molar-refractivity contribution is 0.442. The lowest BCUT2D eigenvalue weighted by Gasteiger charge is -2.23. The number of fused-ring (bicyclic) bond motifs is 1. The van der Waals surface area contributed by atoms with E-state index in [4.69, 9.17) is 16.6 Å². The van der Waals surface area contributed by atoms with Crippen molar-refractivity contribution < 1.29 is 0 Å². The van der Waals surface area contributed by atoms with Crippen molar-refractivity contribution in [3.8, 4) is 5.69 Å². The second kappa shape index (κ2) is 5.71. The van der Waals surface area contributed by atoms with Crippen molar-refractivity contribution in [3.05, 3.63) is 53.4 Å². The Morgan fingerprint density at radius 1 is 1.09 bits per heavy atom. The summed E-state index contributed by atoms with van der Waals surface area (Å²) in [5.74, 6) is 1.57. The minimum absolute atomic E-state index is 0.464. The van der Waals surface area contributed by atoms with Gasteiger partial charge in [-0.2, -0.15) is 0 Å². The predicted molar refractivity (Wildman–Crippen MR) is 88.7 cm³/mol. The van der Waals surface area contributed by atoms with Gasteiger partial charge in [0.1, 0.15) is 11.3 Å². The van der Waals surface area contributed by atoms with Gasteiger partial charge in [-0.3, -0.25) is 4.57 Å². The number of nitrogens with one attached hydrogen (secondary N) is 1. The summed E-state index contributed by atoms with van der Waals surface area (Å²) in [6, 6.07) is 11.9. The molecule has 5 heteroatoms. The monoisotopic (exact) mass is 312 g/mol. The summed E-state index contributed by atoms with van der Waals surface area (Å²) in [6.07, 6.45) is 4.04. The van der Waals surface area contributed by atoms with E-state index in [2.05, 4.69) is 14.9 Å². The summed E-state index contributed by atoms with van der Waals surface area (Å²) < 4.78 is 2.18. The zero-order valence-electron chi connectivity index (χ0n) is 12.2. The normalized spacial score (nSPS) is 16.2. The summed E-state index contributed by atoms with van der Waals surface area (Å²) in [5, 5.41) is 4.16. The Kier molecular flexibility index (Phi) is 3.56. The molecule has 3 heterocycles. The Morgan fingerprint density at radius 3 is 2.64 bits per heavy atom. The van der Waals surface area contributed by atoms with Gasteiger partial charge < -0.3 is 5.32 Å². The number of hydrogen-bond donors (Lipinski definition) is 1. The first-order valence-corrected chi connectivity index (χ1v) is 8.01. The number of pyridine rings is 1. The third-order valence-corrected chi connectivity index (χ3v) is 4.48. The van der Waals surface area contributed by atoms with Gasteiger partial charge in [0.05, 0.1) is 0 Å². The summed E-state index contributed by atoms with van der Waals surface area (Å²) in [4.78, 5) is 9.42. The van der Waals surface area contributed by atoms with E-state index in [1.807, 2.05) is 42.6 Å². The molecule has 0 bridgehead atoms. The molecule has 1 aliphatic heterocycles. The summed E-state index contributed by atoms with van der Waals surface area (Å²) in [5.41, 5.74) is 2.93. The van der Waals surface area contributed by atoms with Crippen LogP contribution in [0.5, 0.6) is 0 Å². The van der Waals surface area contributed by atoms with Gasteiger partial charge in [0.15, 0.2) is 5.65 Å². The van der Waals surface area contributed by atoms with Crippen LogP contribution in [0.15, 0.2) is 42.6 Å². The van der Waals surface area contributed by atoms with Crippen LogP contribution in [0.1, 0.15) is 24.6 Å². The fourth-order valence-corrected chi connectivity index (χ4v) is 3.25. The average Bonchev–Trinajstić information content (AvgIpc) is 2.96. The molecular formula is C17H17ClN4. The van der Waals surface area contributed by atoms with Gasteiger partial charge in [-0.15, -0.1) is 0 Å². The molecule has 2 aromatic heterocycles. The van der Waals surface area contributed by atoms with E-state index in [-0.39, 0.29) is 0 Å². The molecule has 4 nitrogen and oxygen atoms in total. The van der Waals surface area contributed by atoms with Gasteiger partial charge in [0, 0.05) is 22.8 Å². The van der Waals surface area contributed by atoms with E-state index in [0.717, 1.165) is 53.6 Å². The van der Waals surface area contributed by atoms with Crippen LogP contribution >= 0.6 is 11.6 Å². The molecule has 3 aromatic rings. The van der Waals surface area contributed by atoms with E-state index in [0.29, 0.717) is 5.92 Å². The molecule has 0 unspecified atom stereocenters. The van der Waals surface area contributed by atoms with Crippen LogP contribution in [0.25, 0.3) is 16.9 Å². The summed E-state index contributed by atoms with van der Waals surface area (Å²) >= 11 is 6.03. The molecule has 1 aromatic carbocycles. The third kappa shape index (κ3) is 2.38. The first kappa shape index (κ1) is 13.7. The van der Waals surface area contributed by atoms with Crippen molar-refractivity contribution in [2.75, 3.05) is 13.1 Å². The van der Waals surface area contributed by atoms with E-state index in [1.54, 1.807) is 0 Å². The number of rotatable bonds is 2. The van der Waals surface area contributed by atoms with Gasteiger partial charge in [-0.25, -0.2) is 9.97 Å². The van der Waals surface area contributed by atoms with Crippen LogP contribution in [-0.4, -0.2) is 27.6 Å². The number of piperidine rings is 1. The highest BCUT2D eigenvalue weighted by molar-refractivity contribution is 6.30. The second-order valence-electron chi connectivity index (χ2n) is 5.65. The number of hydrogen-bond acceptors (Lipinski definition) is 3. The van der Waals surface area contributed by atoms with Crippen molar-refractivity contribution in [3.63, 3.8) is 0 Å². The number of imidazole rings is 1. The van der Waals surface area contributed by atoms with Crippen LogP contribution in [0.3, 0.4) is 0 Å². The summed E-state index contributed by atoms with van der Waals surface area (Å²) in [7, 11) is 0. The van der Waals surface area contributed by atoms with Gasteiger partial charge in [-0.1, -0.05) is 11.6 Å². The lowest BCUT2D eigenvalue weighted by atomic mass is 9.97. The molecule has 0 saturated carbocycles. The SMILES string of the molecule is Clc1ccc(-n2c(C3CCNCC3)nc3cccnc32)cc1. The van der Waals surface area contributed by atoms with E-state index >= 15 is 0 Å². The average molecular weight is 313 g/mol. The van der Waals surface area contributed by atoms with Crippen LogP contribution in [-0.2, 0) is 0 Å². The molecule has 112 valence electrons. The molecular weight excluding hydrogens is 296 g/mol. The lowest BCUT2D eigenvalue weighted by Crippen LogP contribution is -2.28. The molecule has 0 atom stereocenters. The molecule has 4 rings (SSSR count). The standard InChI is InChI=1S/C17H17ClN4/c18-13-3-5-14(6-4-13)22-16(12-7-10-19-11-8-12)21-15-2-1-9-20-17(15)22/h1-6,9,12,19H,7-8,10-11H2. The van der Waals surface area contributed by atoms with Gasteiger partial charge in [0.25, 0.3) is 0 Å². The van der Waals surface area contributed by atoms with Crippen molar-refractivity contribution >= 4 is 22.8 Å². The molecule has 0 aliphatic carbocycles. The minimum atomic E-state index is 0.464. The topological polar surface area (TPSA) is 42.7 Å². The predicted octanol–water partition coefficient (Wildman–Crippen LogP) is 3.54. The van der Waals surface area contributed by atoms with Gasteiger partial charge >= 0.3 is 0 Å². The Labute approximate surface area is 134 Å². The molecule has 1 aliphatic rings. The highest BCUT2D eigenvalue weighted by atomic mass is 35.5. The maximum atomic E-state index is 6.03. The Hall–Kier alpha value is -1.91. The quantitative estimate of drug-likeness (QED) is 0.787. The number of halogens is 1. The van der Waals surface area contributed by atoms with Crippen LogP contribution < -0.4 is 5.32 Å².